The molecule has 0 aliphatic heterocycles. The summed E-state index contributed by atoms with van der Waals surface area (Å²) in [4.78, 5) is 36.4. The maximum atomic E-state index is 12.3. The summed E-state index contributed by atoms with van der Waals surface area (Å²) in [5.74, 6) is -1.81. The van der Waals surface area contributed by atoms with Crippen LogP contribution < -0.4 is 20.8 Å². The zero-order valence-electron chi connectivity index (χ0n) is 18.4. The smallest absolute Gasteiger partial charge is 0.329 e. The Labute approximate surface area is 202 Å². The van der Waals surface area contributed by atoms with Gasteiger partial charge in [0.05, 0.1) is 16.9 Å². The average Bonchev–Trinajstić information content (AvgIpc) is 2.85. The van der Waals surface area contributed by atoms with Crippen LogP contribution in [0.2, 0.25) is 5.02 Å². The lowest BCUT2D eigenvalue weighted by Crippen LogP contribution is -2.32. The van der Waals surface area contributed by atoms with Crippen LogP contribution in [0.1, 0.15) is 18.1 Å². The second kappa shape index (κ2) is 12.2. The summed E-state index contributed by atoms with van der Waals surface area (Å²) in [6.07, 6.45) is 2.11. The number of nitrogens with zero attached hydrogens (tertiary/aromatic N) is 1. The zero-order valence-corrected chi connectivity index (χ0v) is 19.1. The van der Waals surface area contributed by atoms with Crippen molar-refractivity contribution in [2.24, 2.45) is 5.10 Å². The summed E-state index contributed by atoms with van der Waals surface area (Å²) < 4.78 is 5.63. The number of benzene rings is 3. The second-order valence-electron chi connectivity index (χ2n) is 7.02. The van der Waals surface area contributed by atoms with Crippen LogP contribution in [0.5, 0.6) is 5.75 Å². The van der Waals surface area contributed by atoms with E-state index in [1.54, 1.807) is 48.5 Å². The number of hydrogen-bond acceptors (Lipinski definition) is 5. The topological polar surface area (TPSA) is 109 Å². The van der Waals surface area contributed by atoms with Crippen molar-refractivity contribution in [2.45, 2.75) is 13.3 Å². The fourth-order valence-corrected chi connectivity index (χ4v) is 3.13. The first kappa shape index (κ1) is 24.5. The van der Waals surface area contributed by atoms with Gasteiger partial charge in [0.1, 0.15) is 5.75 Å². The van der Waals surface area contributed by atoms with Gasteiger partial charge in [-0.05, 0) is 42.3 Å². The van der Waals surface area contributed by atoms with Crippen molar-refractivity contribution in [1.29, 1.82) is 0 Å². The first-order valence-electron chi connectivity index (χ1n) is 10.5. The third-order valence-electron chi connectivity index (χ3n) is 4.65. The molecule has 0 saturated heterocycles. The highest BCUT2D eigenvalue weighted by molar-refractivity contribution is 6.41. The molecule has 0 bridgehead atoms. The van der Waals surface area contributed by atoms with Gasteiger partial charge in [-0.15, -0.1) is 0 Å². The fourth-order valence-electron chi connectivity index (χ4n) is 2.95. The third kappa shape index (κ3) is 6.91. The standard InChI is InChI=1S/C25H23ClN4O4/c1-2-17-9-3-6-12-20(17)28-23(31)16-34-22-14-8-4-10-18(22)15-27-30-25(33)24(32)29-21-13-7-5-11-19(21)26/h3-15H,2,16H2,1H3,(H,28,31)(H,29,32)(H,30,33)/b27-15-. The van der Waals surface area contributed by atoms with Gasteiger partial charge in [0.2, 0.25) is 0 Å². The lowest BCUT2D eigenvalue weighted by atomic mass is 10.1. The normalized spacial score (nSPS) is 10.5. The Morgan fingerprint density at radius 3 is 2.32 bits per heavy atom. The third-order valence-corrected chi connectivity index (χ3v) is 4.98. The Hall–Kier alpha value is -4.17. The molecule has 34 heavy (non-hydrogen) atoms. The lowest BCUT2D eigenvalue weighted by Gasteiger charge is -2.11. The predicted molar refractivity (Wildman–Crippen MR) is 132 cm³/mol. The molecule has 3 aromatic carbocycles. The van der Waals surface area contributed by atoms with E-state index in [4.69, 9.17) is 16.3 Å². The van der Waals surface area contributed by atoms with Crippen LogP contribution in [0, 0.1) is 0 Å². The van der Waals surface area contributed by atoms with Crippen LogP contribution in [-0.4, -0.2) is 30.5 Å². The number of ether oxygens (including phenoxy) is 1. The van der Waals surface area contributed by atoms with Gasteiger partial charge in [-0.2, -0.15) is 5.10 Å². The molecule has 3 aromatic rings. The van der Waals surface area contributed by atoms with E-state index in [1.807, 2.05) is 31.2 Å². The number of carbonyl (C=O) groups excluding carboxylic acids is 3. The van der Waals surface area contributed by atoms with Crippen LogP contribution >= 0.6 is 11.6 Å². The van der Waals surface area contributed by atoms with Crippen molar-refractivity contribution >= 4 is 46.9 Å². The number of amides is 3. The van der Waals surface area contributed by atoms with Crippen LogP contribution in [0.15, 0.2) is 77.9 Å². The summed E-state index contributed by atoms with van der Waals surface area (Å²) in [5.41, 5.74) is 4.74. The largest absolute Gasteiger partial charge is 0.483 e. The molecule has 174 valence electrons. The number of carbonyl (C=O) groups is 3. The molecular weight excluding hydrogens is 456 g/mol. The molecule has 3 N–H and O–H groups in total. The molecule has 0 spiro atoms. The minimum Gasteiger partial charge on any atom is -0.483 e. The Morgan fingerprint density at radius 2 is 1.56 bits per heavy atom. The van der Waals surface area contributed by atoms with Gasteiger partial charge in [-0.25, -0.2) is 5.43 Å². The lowest BCUT2D eigenvalue weighted by molar-refractivity contribution is -0.136. The van der Waals surface area contributed by atoms with Gasteiger partial charge in [-0.3, -0.25) is 14.4 Å². The molecule has 9 heteroatoms. The number of anilines is 2. The number of para-hydroxylation sites is 3. The van der Waals surface area contributed by atoms with Crippen molar-refractivity contribution in [2.75, 3.05) is 17.2 Å². The number of nitrogens with one attached hydrogen (secondary N) is 3. The number of hydrogen-bond donors (Lipinski definition) is 3. The van der Waals surface area contributed by atoms with Gasteiger partial charge < -0.3 is 15.4 Å². The molecule has 0 aliphatic carbocycles. The van der Waals surface area contributed by atoms with E-state index >= 15 is 0 Å². The molecule has 8 nitrogen and oxygen atoms in total. The summed E-state index contributed by atoms with van der Waals surface area (Å²) in [6.45, 7) is 1.80. The van der Waals surface area contributed by atoms with E-state index in [2.05, 4.69) is 21.2 Å². The molecule has 0 fully saturated rings. The number of hydrazone groups is 1. The molecule has 3 rings (SSSR count). The van der Waals surface area contributed by atoms with Gasteiger partial charge >= 0.3 is 11.8 Å². The summed E-state index contributed by atoms with van der Waals surface area (Å²) in [5, 5.41) is 9.35. The Kier molecular flexibility index (Phi) is 8.76. The van der Waals surface area contributed by atoms with Crippen LogP contribution in [-0.2, 0) is 20.8 Å². The Morgan fingerprint density at radius 1 is 0.882 bits per heavy atom. The molecule has 0 unspecified atom stereocenters. The Bertz CT molecular complexity index is 1210. The zero-order chi connectivity index (χ0) is 24.3. The monoisotopic (exact) mass is 478 g/mol. The van der Waals surface area contributed by atoms with Gasteiger partial charge in [0, 0.05) is 11.3 Å². The summed E-state index contributed by atoms with van der Waals surface area (Å²) in [6, 6.07) is 20.9. The van der Waals surface area contributed by atoms with E-state index in [9.17, 15) is 14.4 Å². The molecule has 3 amide bonds. The predicted octanol–water partition coefficient (Wildman–Crippen LogP) is 4.01. The van der Waals surface area contributed by atoms with E-state index in [-0.39, 0.29) is 12.5 Å². The van der Waals surface area contributed by atoms with Crippen molar-refractivity contribution in [3.8, 4) is 5.75 Å². The van der Waals surface area contributed by atoms with Crippen LogP contribution in [0.25, 0.3) is 0 Å². The summed E-state index contributed by atoms with van der Waals surface area (Å²) >= 11 is 5.97. The van der Waals surface area contributed by atoms with E-state index < -0.39 is 11.8 Å². The average molecular weight is 479 g/mol. The number of aryl methyl sites for hydroxylation is 1. The Balaban J connectivity index is 1.55. The highest BCUT2D eigenvalue weighted by Crippen LogP contribution is 2.20. The number of rotatable bonds is 8. The number of halogens is 1. The first-order valence-corrected chi connectivity index (χ1v) is 10.8. The van der Waals surface area contributed by atoms with Gasteiger partial charge in [-0.1, -0.05) is 61.0 Å². The maximum absolute atomic E-state index is 12.3. The minimum atomic E-state index is -0.969. The molecule has 0 saturated carbocycles. The highest BCUT2D eigenvalue weighted by Gasteiger charge is 2.14. The summed E-state index contributed by atoms with van der Waals surface area (Å²) in [7, 11) is 0. The van der Waals surface area contributed by atoms with Crippen molar-refractivity contribution in [3.05, 3.63) is 88.9 Å². The van der Waals surface area contributed by atoms with E-state index in [0.29, 0.717) is 22.0 Å². The van der Waals surface area contributed by atoms with Crippen molar-refractivity contribution in [3.63, 3.8) is 0 Å². The quantitative estimate of drug-likeness (QED) is 0.258. The molecule has 0 aliphatic rings. The van der Waals surface area contributed by atoms with E-state index in [0.717, 1.165) is 17.7 Å². The minimum absolute atomic E-state index is 0.213. The maximum Gasteiger partial charge on any atom is 0.329 e. The van der Waals surface area contributed by atoms with Crippen molar-refractivity contribution in [1.82, 2.24) is 5.43 Å². The van der Waals surface area contributed by atoms with Crippen LogP contribution in [0.3, 0.4) is 0 Å². The van der Waals surface area contributed by atoms with Gasteiger partial charge in [0.25, 0.3) is 5.91 Å². The molecule has 0 atom stereocenters. The molecule has 0 aromatic heterocycles. The molecular formula is C25H23ClN4O4. The second-order valence-corrected chi connectivity index (χ2v) is 7.43. The van der Waals surface area contributed by atoms with Crippen LogP contribution in [0.4, 0.5) is 11.4 Å². The van der Waals surface area contributed by atoms with Crippen molar-refractivity contribution < 1.29 is 19.1 Å². The highest BCUT2D eigenvalue weighted by atomic mass is 35.5. The first-order chi connectivity index (χ1) is 16.5. The van der Waals surface area contributed by atoms with E-state index in [1.165, 1.54) is 6.21 Å². The van der Waals surface area contributed by atoms with Gasteiger partial charge in [0.15, 0.2) is 6.61 Å². The molecule has 0 heterocycles. The fraction of sp³-hybridized carbons (Fsp3) is 0.120. The molecule has 0 radical (unpaired) electrons. The SMILES string of the molecule is CCc1ccccc1NC(=O)COc1ccccc1/C=N\NC(=O)C(=O)Nc1ccccc1Cl.